The van der Waals surface area contributed by atoms with E-state index in [0.29, 0.717) is 5.56 Å². The van der Waals surface area contributed by atoms with Gasteiger partial charge in [0.1, 0.15) is 11.7 Å². The van der Waals surface area contributed by atoms with Gasteiger partial charge in [0.15, 0.2) is 0 Å². The van der Waals surface area contributed by atoms with Crippen LogP contribution < -0.4 is 10.6 Å². The van der Waals surface area contributed by atoms with Crippen molar-refractivity contribution in [1.82, 2.24) is 4.98 Å². The molecular weight excluding hydrogens is 208 g/mol. The van der Waals surface area contributed by atoms with Crippen LogP contribution in [-0.4, -0.2) is 36.4 Å². The van der Waals surface area contributed by atoms with Crippen LogP contribution in [0.25, 0.3) is 0 Å². The van der Waals surface area contributed by atoms with Gasteiger partial charge in [-0.3, -0.25) is 5.41 Å². The molecule has 1 heterocycles. The summed E-state index contributed by atoms with van der Waals surface area (Å²) in [6, 6.07) is 3.61. The summed E-state index contributed by atoms with van der Waals surface area (Å²) >= 11 is 1.78. The monoisotopic (exact) mass is 224 g/mol. The summed E-state index contributed by atoms with van der Waals surface area (Å²) in [5.41, 5.74) is 6.19. The molecule has 1 aromatic heterocycles. The molecule has 0 atom stereocenters. The minimum absolute atomic E-state index is 0.0640. The number of amidine groups is 1. The van der Waals surface area contributed by atoms with Crippen LogP contribution in [0, 0.1) is 5.41 Å². The predicted molar refractivity (Wildman–Crippen MR) is 66.9 cm³/mol. The maximum absolute atomic E-state index is 7.45. The third-order valence-corrected chi connectivity index (χ3v) is 2.66. The fourth-order valence-corrected chi connectivity index (χ4v) is 1.70. The summed E-state index contributed by atoms with van der Waals surface area (Å²) in [7, 11) is 1.96. The Kier molecular flexibility index (Phi) is 4.42. The van der Waals surface area contributed by atoms with E-state index in [2.05, 4.69) is 11.2 Å². The first kappa shape index (κ1) is 11.8. The molecule has 0 unspecified atom stereocenters. The van der Waals surface area contributed by atoms with Crippen molar-refractivity contribution in [3.05, 3.63) is 23.9 Å². The van der Waals surface area contributed by atoms with E-state index in [1.165, 1.54) is 0 Å². The molecule has 0 saturated carbocycles. The van der Waals surface area contributed by atoms with E-state index in [0.717, 1.165) is 18.1 Å². The first-order valence-electron chi connectivity index (χ1n) is 4.66. The molecule has 0 bridgehead atoms. The van der Waals surface area contributed by atoms with Crippen molar-refractivity contribution in [2.45, 2.75) is 0 Å². The molecule has 15 heavy (non-hydrogen) atoms. The topological polar surface area (TPSA) is 66.0 Å². The number of thioether (sulfide) groups is 1. The van der Waals surface area contributed by atoms with Gasteiger partial charge in [-0.15, -0.1) is 0 Å². The maximum atomic E-state index is 7.45. The van der Waals surface area contributed by atoms with Gasteiger partial charge in [0.2, 0.25) is 0 Å². The van der Waals surface area contributed by atoms with Gasteiger partial charge in [-0.05, 0) is 18.4 Å². The Morgan fingerprint density at radius 1 is 1.67 bits per heavy atom. The van der Waals surface area contributed by atoms with Gasteiger partial charge >= 0.3 is 0 Å². The van der Waals surface area contributed by atoms with Crippen LogP contribution in [0.4, 0.5) is 5.82 Å². The normalized spacial score (nSPS) is 10.0. The predicted octanol–water partition coefficient (Wildman–Crippen LogP) is 1.16. The number of nitrogens with one attached hydrogen (secondary N) is 1. The molecule has 82 valence electrons. The van der Waals surface area contributed by atoms with E-state index in [9.17, 15) is 0 Å². The summed E-state index contributed by atoms with van der Waals surface area (Å²) in [6.45, 7) is 0.901. The zero-order valence-electron chi connectivity index (χ0n) is 9.03. The van der Waals surface area contributed by atoms with Crippen LogP contribution in [0.15, 0.2) is 18.3 Å². The van der Waals surface area contributed by atoms with E-state index < -0.39 is 0 Å². The number of hydrogen-bond acceptors (Lipinski definition) is 4. The number of hydrogen-bond donors (Lipinski definition) is 2. The molecule has 0 fully saturated rings. The molecule has 0 saturated heterocycles. The molecule has 4 nitrogen and oxygen atoms in total. The van der Waals surface area contributed by atoms with E-state index in [1.807, 2.05) is 18.0 Å². The Morgan fingerprint density at radius 3 is 3.00 bits per heavy atom. The molecule has 0 aromatic carbocycles. The fourth-order valence-electron chi connectivity index (χ4n) is 1.25. The lowest BCUT2D eigenvalue weighted by molar-refractivity contribution is 0.944. The Morgan fingerprint density at radius 2 is 2.40 bits per heavy atom. The Balaban J connectivity index is 2.87. The summed E-state index contributed by atoms with van der Waals surface area (Å²) in [4.78, 5) is 6.27. The highest BCUT2D eigenvalue weighted by molar-refractivity contribution is 7.98. The molecule has 0 radical (unpaired) electrons. The van der Waals surface area contributed by atoms with Crippen LogP contribution in [0.1, 0.15) is 5.56 Å². The number of pyridine rings is 1. The van der Waals surface area contributed by atoms with Crippen molar-refractivity contribution in [3.8, 4) is 0 Å². The Hall–Kier alpha value is -1.23. The second kappa shape index (κ2) is 5.60. The maximum Gasteiger partial charge on any atom is 0.139 e. The van der Waals surface area contributed by atoms with E-state index in [-0.39, 0.29) is 5.84 Å². The zero-order chi connectivity index (χ0) is 11.3. The van der Waals surface area contributed by atoms with E-state index >= 15 is 0 Å². The lowest BCUT2D eigenvalue weighted by Gasteiger charge is -2.19. The number of nitrogens with zero attached hydrogens (tertiary/aromatic N) is 2. The highest BCUT2D eigenvalue weighted by atomic mass is 32.2. The Labute approximate surface area is 94.4 Å². The van der Waals surface area contributed by atoms with Gasteiger partial charge < -0.3 is 10.6 Å². The van der Waals surface area contributed by atoms with Gasteiger partial charge in [0, 0.05) is 25.5 Å². The third kappa shape index (κ3) is 3.13. The van der Waals surface area contributed by atoms with Crippen molar-refractivity contribution in [2.75, 3.05) is 30.5 Å². The van der Waals surface area contributed by atoms with Gasteiger partial charge in [0.25, 0.3) is 0 Å². The molecule has 0 amide bonds. The number of nitrogen functional groups attached to an aromatic ring is 1. The highest BCUT2D eigenvalue weighted by Gasteiger charge is 2.09. The first-order chi connectivity index (χ1) is 7.16. The average Bonchev–Trinajstić information content (AvgIpc) is 2.25. The summed E-state index contributed by atoms with van der Waals surface area (Å²) in [6.07, 6.45) is 3.79. The lowest BCUT2D eigenvalue weighted by Crippen LogP contribution is -2.25. The van der Waals surface area contributed by atoms with Crippen LogP contribution in [0.5, 0.6) is 0 Å². The molecule has 1 aromatic rings. The zero-order valence-corrected chi connectivity index (χ0v) is 9.84. The lowest BCUT2D eigenvalue weighted by atomic mass is 10.2. The second-order valence-electron chi connectivity index (χ2n) is 3.20. The first-order valence-corrected chi connectivity index (χ1v) is 6.05. The summed E-state index contributed by atoms with van der Waals surface area (Å²) in [5, 5.41) is 7.45. The molecule has 5 heteroatoms. The van der Waals surface area contributed by atoms with Gasteiger partial charge in [-0.2, -0.15) is 11.8 Å². The SMILES string of the molecule is CSCCN(C)c1ncccc1C(=N)N. The van der Waals surface area contributed by atoms with Crippen molar-refractivity contribution in [2.24, 2.45) is 5.73 Å². The van der Waals surface area contributed by atoms with Crippen LogP contribution in [-0.2, 0) is 0 Å². The second-order valence-corrected chi connectivity index (χ2v) is 4.19. The number of nitrogens with two attached hydrogens (primary N) is 1. The molecule has 3 N–H and O–H groups in total. The number of rotatable bonds is 5. The minimum atomic E-state index is 0.0640. The molecule has 1 rings (SSSR count). The molecule has 0 aliphatic carbocycles. The van der Waals surface area contributed by atoms with Crippen LogP contribution >= 0.6 is 11.8 Å². The van der Waals surface area contributed by atoms with E-state index in [1.54, 1.807) is 24.0 Å². The summed E-state index contributed by atoms with van der Waals surface area (Å²) in [5.74, 6) is 1.87. The highest BCUT2D eigenvalue weighted by Crippen LogP contribution is 2.15. The molecule has 0 aliphatic heterocycles. The minimum Gasteiger partial charge on any atom is -0.384 e. The van der Waals surface area contributed by atoms with Crippen LogP contribution in [0.3, 0.4) is 0 Å². The van der Waals surface area contributed by atoms with Crippen molar-refractivity contribution < 1.29 is 0 Å². The number of anilines is 1. The van der Waals surface area contributed by atoms with Crippen LogP contribution in [0.2, 0.25) is 0 Å². The van der Waals surface area contributed by atoms with E-state index in [4.69, 9.17) is 11.1 Å². The standard InChI is InChI=1S/C10H16N4S/c1-14(6-7-15-2)10-8(9(11)12)4-3-5-13-10/h3-5H,6-7H2,1-2H3,(H3,11,12). The Bertz CT molecular complexity index is 340. The van der Waals surface area contributed by atoms with Gasteiger partial charge in [0.05, 0.1) is 5.56 Å². The molecular formula is C10H16N4S. The van der Waals surface area contributed by atoms with Gasteiger partial charge in [-0.25, -0.2) is 4.98 Å². The smallest absolute Gasteiger partial charge is 0.139 e. The van der Waals surface area contributed by atoms with Crippen molar-refractivity contribution >= 4 is 23.4 Å². The molecule has 0 spiro atoms. The fraction of sp³-hybridized carbons (Fsp3) is 0.400. The summed E-state index contributed by atoms with van der Waals surface area (Å²) < 4.78 is 0. The average molecular weight is 224 g/mol. The molecule has 0 aliphatic rings. The van der Waals surface area contributed by atoms with Crippen molar-refractivity contribution in [1.29, 1.82) is 5.41 Å². The quantitative estimate of drug-likeness (QED) is 0.582. The van der Waals surface area contributed by atoms with Crippen molar-refractivity contribution in [3.63, 3.8) is 0 Å². The third-order valence-electron chi connectivity index (χ3n) is 2.07. The van der Waals surface area contributed by atoms with Gasteiger partial charge in [-0.1, -0.05) is 0 Å². The number of aromatic nitrogens is 1. The largest absolute Gasteiger partial charge is 0.384 e.